The molecule has 6 heteroatoms. The van der Waals surface area contributed by atoms with E-state index in [1.807, 2.05) is 26.2 Å². The van der Waals surface area contributed by atoms with Gasteiger partial charge in [0.05, 0.1) is 6.26 Å². The van der Waals surface area contributed by atoms with E-state index in [9.17, 15) is 8.42 Å². The molecule has 1 fully saturated rings. The molecule has 21 heavy (non-hydrogen) atoms. The Morgan fingerprint density at radius 2 is 2.24 bits per heavy atom. The van der Waals surface area contributed by atoms with Gasteiger partial charge >= 0.3 is 0 Å². The molecule has 1 aliphatic heterocycles. The van der Waals surface area contributed by atoms with Crippen molar-refractivity contribution in [2.24, 2.45) is 5.92 Å². The number of aryl methyl sites for hydroxylation is 1. The van der Waals surface area contributed by atoms with Crippen molar-refractivity contribution in [1.82, 2.24) is 14.6 Å². The minimum Gasteiger partial charge on any atom is -0.313 e. The summed E-state index contributed by atoms with van der Waals surface area (Å²) in [5.74, 6) is 0.396. The molecule has 1 aliphatic rings. The fourth-order valence-corrected chi connectivity index (χ4v) is 3.90. The second-order valence-corrected chi connectivity index (χ2v) is 7.92. The highest BCUT2D eigenvalue weighted by Crippen LogP contribution is 2.28. The minimum atomic E-state index is -3.07. The van der Waals surface area contributed by atoms with Gasteiger partial charge in [0.25, 0.3) is 0 Å². The lowest BCUT2D eigenvalue weighted by atomic mass is 9.90. The Labute approximate surface area is 127 Å². The van der Waals surface area contributed by atoms with Crippen LogP contribution in [0.25, 0.3) is 0 Å². The fraction of sp³-hybridized carbons (Fsp3) is 0.667. The second-order valence-electron chi connectivity index (χ2n) is 5.94. The van der Waals surface area contributed by atoms with Crippen molar-refractivity contribution >= 4 is 10.0 Å². The topological polar surface area (TPSA) is 62.3 Å². The third-order valence-electron chi connectivity index (χ3n) is 4.20. The molecule has 0 saturated carbocycles. The van der Waals surface area contributed by atoms with Crippen molar-refractivity contribution in [2.45, 2.75) is 32.2 Å². The summed E-state index contributed by atoms with van der Waals surface area (Å²) in [4.78, 5) is 4.35. The van der Waals surface area contributed by atoms with E-state index in [-0.39, 0.29) is 6.04 Å². The number of piperidine rings is 1. The normalized spacial score (nSPS) is 22.1. The molecule has 118 valence electrons. The van der Waals surface area contributed by atoms with Crippen LogP contribution >= 0.6 is 0 Å². The molecule has 0 aliphatic carbocycles. The van der Waals surface area contributed by atoms with E-state index in [1.165, 1.54) is 11.8 Å². The lowest BCUT2D eigenvalue weighted by Crippen LogP contribution is -2.40. The third-order valence-corrected chi connectivity index (χ3v) is 5.47. The zero-order valence-electron chi connectivity index (χ0n) is 13.0. The average molecular weight is 311 g/mol. The minimum absolute atomic E-state index is 0.225. The van der Waals surface area contributed by atoms with Crippen LogP contribution in [-0.2, 0) is 10.0 Å². The number of aromatic nitrogens is 1. The highest BCUT2D eigenvalue weighted by molar-refractivity contribution is 7.88. The van der Waals surface area contributed by atoms with Gasteiger partial charge in [0.1, 0.15) is 0 Å². The first-order chi connectivity index (χ1) is 9.90. The summed E-state index contributed by atoms with van der Waals surface area (Å²) >= 11 is 0. The first kappa shape index (κ1) is 16.4. The number of pyridine rings is 1. The summed E-state index contributed by atoms with van der Waals surface area (Å²) in [7, 11) is -1.12. The van der Waals surface area contributed by atoms with Crippen LogP contribution in [-0.4, -0.2) is 44.1 Å². The summed E-state index contributed by atoms with van der Waals surface area (Å²) in [5, 5.41) is 3.33. The van der Waals surface area contributed by atoms with Crippen LogP contribution in [0.2, 0.25) is 0 Å². The molecule has 0 aromatic carbocycles. The van der Waals surface area contributed by atoms with Gasteiger partial charge in [-0.05, 0) is 50.8 Å². The van der Waals surface area contributed by atoms with Crippen LogP contribution in [0.1, 0.15) is 36.6 Å². The predicted octanol–water partition coefficient (Wildman–Crippen LogP) is 1.71. The van der Waals surface area contributed by atoms with Crippen LogP contribution in [0, 0.1) is 12.8 Å². The maximum Gasteiger partial charge on any atom is 0.211 e. The number of sulfonamides is 1. The zero-order chi connectivity index (χ0) is 15.5. The molecule has 5 nitrogen and oxygen atoms in total. The molecule has 1 saturated heterocycles. The van der Waals surface area contributed by atoms with E-state index in [0.29, 0.717) is 19.0 Å². The summed E-state index contributed by atoms with van der Waals surface area (Å²) in [6.07, 6.45) is 6.18. The van der Waals surface area contributed by atoms with Crippen LogP contribution in [0.3, 0.4) is 0 Å². The van der Waals surface area contributed by atoms with E-state index >= 15 is 0 Å². The monoisotopic (exact) mass is 311 g/mol. The van der Waals surface area contributed by atoms with Crippen molar-refractivity contribution in [3.63, 3.8) is 0 Å². The summed E-state index contributed by atoms with van der Waals surface area (Å²) < 4.78 is 25.0. The molecule has 0 radical (unpaired) electrons. The maximum absolute atomic E-state index is 11.7. The molecule has 0 bridgehead atoms. The van der Waals surface area contributed by atoms with Gasteiger partial charge in [0.15, 0.2) is 0 Å². The van der Waals surface area contributed by atoms with E-state index in [4.69, 9.17) is 0 Å². The molecule has 2 atom stereocenters. The Hall–Kier alpha value is -0.980. The van der Waals surface area contributed by atoms with Crippen LogP contribution in [0.4, 0.5) is 0 Å². The van der Waals surface area contributed by atoms with Crippen molar-refractivity contribution in [3.05, 3.63) is 29.6 Å². The number of nitrogens with one attached hydrogen (secondary N) is 1. The number of hydrogen-bond acceptors (Lipinski definition) is 4. The Balaban J connectivity index is 2.03. The van der Waals surface area contributed by atoms with Gasteiger partial charge < -0.3 is 5.32 Å². The van der Waals surface area contributed by atoms with E-state index < -0.39 is 10.0 Å². The molecular weight excluding hydrogens is 286 g/mol. The van der Waals surface area contributed by atoms with Gasteiger partial charge in [0.2, 0.25) is 10.0 Å². The number of hydrogen-bond donors (Lipinski definition) is 1. The fourth-order valence-electron chi connectivity index (χ4n) is 2.96. The van der Waals surface area contributed by atoms with Gasteiger partial charge in [-0.3, -0.25) is 4.98 Å². The summed E-state index contributed by atoms with van der Waals surface area (Å²) in [5.41, 5.74) is 2.18. The number of nitrogens with zero attached hydrogens (tertiary/aromatic N) is 2. The summed E-state index contributed by atoms with van der Waals surface area (Å²) in [6, 6.07) is 4.34. The molecule has 2 heterocycles. The first-order valence-corrected chi connectivity index (χ1v) is 9.30. The Morgan fingerprint density at radius 1 is 1.48 bits per heavy atom. The van der Waals surface area contributed by atoms with Crippen LogP contribution < -0.4 is 5.32 Å². The lowest BCUT2D eigenvalue weighted by Gasteiger charge is -2.33. The zero-order valence-corrected chi connectivity index (χ0v) is 13.9. The van der Waals surface area contributed by atoms with Gasteiger partial charge in [-0.2, -0.15) is 0 Å². The van der Waals surface area contributed by atoms with E-state index in [1.54, 1.807) is 4.31 Å². The highest BCUT2D eigenvalue weighted by atomic mass is 32.2. The van der Waals surface area contributed by atoms with Crippen LogP contribution in [0.5, 0.6) is 0 Å². The first-order valence-electron chi connectivity index (χ1n) is 7.45. The standard InChI is InChI=1S/C15H25N3O2S/c1-12-6-7-14(10-17-12)15(16-2)9-13-5-4-8-18(11-13)21(3,19)20/h6-7,10,13,15-16H,4-5,8-9,11H2,1-3H3. The third kappa shape index (κ3) is 4.49. The predicted molar refractivity (Wildman–Crippen MR) is 84.5 cm³/mol. The van der Waals surface area contributed by atoms with E-state index in [2.05, 4.69) is 16.4 Å². The maximum atomic E-state index is 11.7. The molecule has 1 N–H and O–H groups in total. The van der Waals surface area contributed by atoms with Crippen molar-refractivity contribution in [1.29, 1.82) is 0 Å². The Morgan fingerprint density at radius 3 is 2.81 bits per heavy atom. The molecule has 1 aromatic heterocycles. The Kier molecular flexibility index (Phi) is 5.35. The van der Waals surface area contributed by atoms with Crippen LogP contribution in [0.15, 0.2) is 18.3 Å². The molecule has 0 amide bonds. The molecule has 2 rings (SSSR count). The van der Waals surface area contributed by atoms with Gasteiger partial charge in [-0.25, -0.2) is 12.7 Å². The van der Waals surface area contributed by atoms with E-state index in [0.717, 1.165) is 25.0 Å². The Bertz CT molecular complexity index is 557. The van der Waals surface area contributed by atoms with Crippen molar-refractivity contribution in [2.75, 3.05) is 26.4 Å². The number of rotatable bonds is 5. The van der Waals surface area contributed by atoms with Crippen molar-refractivity contribution < 1.29 is 8.42 Å². The smallest absolute Gasteiger partial charge is 0.211 e. The average Bonchev–Trinajstić information content (AvgIpc) is 2.45. The van der Waals surface area contributed by atoms with Gasteiger partial charge in [-0.15, -0.1) is 0 Å². The highest BCUT2D eigenvalue weighted by Gasteiger charge is 2.27. The second kappa shape index (κ2) is 6.85. The molecule has 1 aromatic rings. The quantitative estimate of drug-likeness (QED) is 0.899. The van der Waals surface area contributed by atoms with Gasteiger partial charge in [0, 0.05) is 31.0 Å². The molecule has 0 spiro atoms. The molecular formula is C15H25N3O2S. The lowest BCUT2D eigenvalue weighted by molar-refractivity contribution is 0.240. The van der Waals surface area contributed by atoms with Gasteiger partial charge in [-0.1, -0.05) is 6.07 Å². The molecule has 2 unspecified atom stereocenters. The summed E-state index contributed by atoms with van der Waals surface area (Å²) in [6.45, 7) is 3.27. The van der Waals surface area contributed by atoms with Crippen molar-refractivity contribution in [3.8, 4) is 0 Å². The SMILES string of the molecule is CNC(CC1CCCN(S(C)(=O)=O)C1)c1ccc(C)nc1. The largest absolute Gasteiger partial charge is 0.313 e.